The van der Waals surface area contributed by atoms with Crippen LogP contribution in [-0.4, -0.2) is 35.4 Å². The van der Waals surface area contributed by atoms with Crippen LogP contribution in [0.5, 0.6) is 0 Å². The maximum absolute atomic E-state index is 12.8. The molecule has 0 saturated heterocycles. The lowest BCUT2D eigenvalue weighted by Gasteiger charge is -2.26. The van der Waals surface area contributed by atoms with Gasteiger partial charge in [-0.2, -0.15) is 21.6 Å². The van der Waals surface area contributed by atoms with Gasteiger partial charge in [0.2, 0.25) is 0 Å². The van der Waals surface area contributed by atoms with Gasteiger partial charge in [-0.15, -0.1) is 9.35 Å². The van der Waals surface area contributed by atoms with Crippen LogP contribution in [0.25, 0.3) is 27.4 Å². The van der Waals surface area contributed by atoms with E-state index in [4.69, 9.17) is 0 Å². The van der Waals surface area contributed by atoms with E-state index in [-0.39, 0.29) is 21.6 Å². The summed E-state index contributed by atoms with van der Waals surface area (Å²) in [5.41, 5.74) is -4.63. The molecule has 11 heteroatoms. The second-order valence-corrected chi connectivity index (χ2v) is 8.50. The van der Waals surface area contributed by atoms with Crippen LogP contribution in [0.4, 0.5) is 13.2 Å². The summed E-state index contributed by atoms with van der Waals surface area (Å²) in [6.45, 7) is 0. The summed E-state index contributed by atoms with van der Waals surface area (Å²) in [6.07, 6.45) is 1.81. The van der Waals surface area contributed by atoms with Gasteiger partial charge in [-0.05, 0) is 35.7 Å². The maximum atomic E-state index is 12.8. The number of alkyl halides is 3. The van der Waals surface area contributed by atoms with Crippen LogP contribution in [-0.2, 0) is 14.4 Å². The number of amides is 2. The number of hydrogen-bond acceptors (Lipinski definition) is 5. The number of hydrogen-bond donors (Lipinski definition) is 0. The fraction of sp³-hybridized carbons (Fsp3) is 0.0476. The molecule has 1 aliphatic heterocycles. The minimum Gasteiger partial charge on any atom is -0.316 e. The highest BCUT2D eigenvalue weighted by Gasteiger charge is 2.51. The Kier molecular flexibility index (Phi) is 4.20. The van der Waals surface area contributed by atoms with Crippen molar-refractivity contribution in [1.29, 1.82) is 0 Å². The monoisotopic (exact) mass is 460 g/mol. The van der Waals surface area contributed by atoms with Gasteiger partial charge >= 0.3 is 15.6 Å². The second kappa shape index (κ2) is 6.65. The molecule has 0 spiro atoms. The fourth-order valence-electron chi connectivity index (χ4n) is 3.77. The first-order valence-corrected chi connectivity index (χ1v) is 10.5. The summed E-state index contributed by atoms with van der Waals surface area (Å²) in [7, 11) is -6.22. The smallest absolute Gasteiger partial charge is 0.316 e. The van der Waals surface area contributed by atoms with Crippen molar-refractivity contribution in [2.45, 2.75) is 5.51 Å². The van der Waals surface area contributed by atoms with Crippen molar-refractivity contribution < 1.29 is 35.5 Å². The zero-order valence-corrected chi connectivity index (χ0v) is 16.6. The lowest BCUT2D eigenvalue weighted by atomic mass is 9.94. The lowest BCUT2D eigenvalue weighted by Crippen LogP contribution is -2.44. The molecule has 1 aromatic heterocycles. The Morgan fingerprint density at radius 1 is 0.812 bits per heavy atom. The van der Waals surface area contributed by atoms with E-state index < -0.39 is 27.4 Å². The Balaban J connectivity index is 1.70. The van der Waals surface area contributed by atoms with Gasteiger partial charge in [0, 0.05) is 17.0 Å². The summed E-state index contributed by atoms with van der Waals surface area (Å²) >= 11 is 0. The van der Waals surface area contributed by atoms with Gasteiger partial charge in [0.15, 0.2) is 0 Å². The number of fused-ring (bicyclic) bond motifs is 1. The molecule has 32 heavy (non-hydrogen) atoms. The third kappa shape index (κ3) is 2.82. The van der Waals surface area contributed by atoms with Crippen LogP contribution in [0, 0.1) is 0 Å². The Bertz CT molecular complexity index is 1530. The molecule has 2 amide bonds. The molecular formula is C21H11F3N2O5S. The quantitative estimate of drug-likeness (QED) is 0.339. The molecule has 0 aliphatic carbocycles. The minimum absolute atomic E-state index is 0.159. The Morgan fingerprint density at radius 2 is 1.50 bits per heavy atom. The van der Waals surface area contributed by atoms with E-state index in [1.165, 1.54) is 18.2 Å². The zero-order valence-electron chi connectivity index (χ0n) is 15.8. The van der Waals surface area contributed by atoms with E-state index in [1.807, 2.05) is 41.1 Å². The predicted octanol–water partition coefficient (Wildman–Crippen LogP) is 4.16. The van der Waals surface area contributed by atoms with Gasteiger partial charge in [-0.3, -0.25) is 9.59 Å². The number of imide groups is 1. The molecule has 0 radical (unpaired) electrons. The second-order valence-electron chi connectivity index (χ2n) is 6.98. The van der Waals surface area contributed by atoms with Crippen molar-refractivity contribution >= 4 is 43.6 Å². The number of hydroxylamine groups is 2. The molecule has 0 bridgehead atoms. The summed E-state index contributed by atoms with van der Waals surface area (Å²) in [6, 6.07) is 16.8. The highest BCUT2D eigenvalue weighted by Crippen LogP contribution is 2.36. The van der Waals surface area contributed by atoms with Gasteiger partial charge < -0.3 is 4.57 Å². The summed E-state index contributed by atoms with van der Waals surface area (Å²) < 4.78 is 66.8. The summed E-state index contributed by atoms with van der Waals surface area (Å²) in [5, 5.41) is 1.27. The molecule has 0 atom stereocenters. The van der Waals surface area contributed by atoms with Crippen LogP contribution >= 0.6 is 0 Å². The van der Waals surface area contributed by atoms with Crippen molar-refractivity contribution in [3.8, 4) is 5.69 Å². The molecule has 7 nitrogen and oxygen atoms in total. The fourth-order valence-corrected chi connectivity index (χ4v) is 4.19. The maximum Gasteiger partial charge on any atom is 0.525 e. The Labute approximate surface area is 178 Å². The highest BCUT2D eigenvalue weighted by molar-refractivity contribution is 7.87. The van der Waals surface area contributed by atoms with E-state index in [9.17, 15) is 31.2 Å². The molecule has 0 fully saturated rings. The molecule has 5 rings (SSSR count). The molecule has 1 aliphatic rings. The molecule has 162 valence electrons. The van der Waals surface area contributed by atoms with E-state index in [0.29, 0.717) is 11.1 Å². The van der Waals surface area contributed by atoms with Crippen molar-refractivity contribution in [2.24, 2.45) is 0 Å². The van der Waals surface area contributed by atoms with Crippen LogP contribution in [0.15, 0.2) is 66.9 Å². The number of aromatic nitrogens is 1. The number of halogens is 3. The molecular weight excluding hydrogens is 449 g/mol. The van der Waals surface area contributed by atoms with Crippen LogP contribution in [0.3, 0.4) is 0 Å². The third-order valence-corrected chi connectivity index (χ3v) is 6.07. The number of rotatable bonds is 3. The van der Waals surface area contributed by atoms with E-state index in [1.54, 1.807) is 12.1 Å². The summed E-state index contributed by atoms with van der Waals surface area (Å²) in [4.78, 5) is 25.5. The first-order chi connectivity index (χ1) is 15.1. The largest absolute Gasteiger partial charge is 0.525 e. The number of nitrogens with zero attached hydrogens (tertiary/aromatic N) is 2. The topological polar surface area (TPSA) is 85.7 Å². The average Bonchev–Trinajstić information content (AvgIpc) is 3.18. The van der Waals surface area contributed by atoms with Gasteiger partial charge in [0.05, 0.1) is 22.3 Å². The first kappa shape index (κ1) is 20.2. The number of carbonyl (C=O) groups excluding carboxylic acids is 2. The Morgan fingerprint density at radius 3 is 2.22 bits per heavy atom. The minimum atomic E-state index is -6.22. The Hall–Kier alpha value is -3.70. The van der Waals surface area contributed by atoms with Gasteiger partial charge in [-0.25, -0.2) is 0 Å². The van der Waals surface area contributed by atoms with E-state index >= 15 is 0 Å². The van der Waals surface area contributed by atoms with Gasteiger partial charge in [0.25, 0.3) is 11.8 Å². The average molecular weight is 460 g/mol. The number of carbonyl (C=O) groups is 2. The molecule has 0 unspecified atom stereocenters. The molecule has 4 aromatic rings. The SMILES string of the molecule is O=C1c2cccc3c(-n4ccc5ccccc54)ccc(c23)C(=O)N1OS(=O)(=O)C(F)(F)F. The summed E-state index contributed by atoms with van der Waals surface area (Å²) in [5.74, 6) is -2.62. The first-order valence-electron chi connectivity index (χ1n) is 9.12. The van der Waals surface area contributed by atoms with Crippen molar-refractivity contribution in [2.75, 3.05) is 0 Å². The molecule has 0 N–H and O–H groups in total. The normalized spacial score (nSPS) is 14.5. The van der Waals surface area contributed by atoms with Crippen LogP contribution in [0.2, 0.25) is 0 Å². The van der Waals surface area contributed by atoms with Crippen LogP contribution in [0.1, 0.15) is 20.7 Å². The van der Waals surface area contributed by atoms with Crippen LogP contribution < -0.4 is 0 Å². The third-order valence-electron chi connectivity index (χ3n) is 5.16. The van der Waals surface area contributed by atoms with Crippen molar-refractivity contribution in [1.82, 2.24) is 9.63 Å². The van der Waals surface area contributed by atoms with Gasteiger partial charge in [-0.1, -0.05) is 30.3 Å². The molecule has 3 aromatic carbocycles. The molecule has 0 saturated carbocycles. The predicted molar refractivity (Wildman–Crippen MR) is 107 cm³/mol. The van der Waals surface area contributed by atoms with E-state index in [2.05, 4.69) is 4.28 Å². The van der Waals surface area contributed by atoms with Crippen molar-refractivity contribution in [3.05, 3.63) is 78.0 Å². The van der Waals surface area contributed by atoms with E-state index in [0.717, 1.165) is 10.9 Å². The lowest BCUT2D eigenvalue weighted by molar-refractivity contribution is -0.0761. The molecule has 2 heterocycles. The highest BCUT2D eigenvalue weighted by atomic mass is 32.2. The zero-order chi connectivity index (χ0) is 22.8. The standard InChI is InChI=1S/C21H11F3N2O5S/c22-21(23,24)32(29,30)31-26-19(27)14-6-3-5-13-17(9-8-15(18(13)14)20(26)28)25-11-10-12-4-1-2-7-16(12)25/h1-11H. The van der Waals surface area contributed by atoms with Crippen molar-refractivity contribution in [3.63, 3.8) is 0 Å². The number of benzene rings is 3. The number of para-hydroxylation sites is 1. The van der Waals surface area contributed by atoms with Gasteiger partial charge in [0.1, 0.15) is 0 Å².